The first kappa shape index (κ1) is 25.5. The molecule has 0 amide bonds. The number of aryl methyl sites for hydroxylation is 2. The van der Waals surface area contributed by atoms with E-state index in [-0.39, 0.29) is 28.7 Å². The molecule has 0 saturated carbocycles. The first-order valence-corrected chi connectivity index (χ1v) is 11.4. The van der Waals surface area contributed by atoms with Crippen LogP contribution in [0.2, 0.25) is 0 Å². The average molecular weight is 504 g/mol. The largest absolute Gasteiger partial charge is 0.420 e. The Balaban J connectivity index is 1.70. The molecular formula is C28H22F6O2. The van der Waals surface area contributed by atoms with Gasteiger partial charge in [-0.3, -0.25) is 0 Å². The number of carbonyl (C=O) groups is 1. The van der Waals surface area contributed by atoms with Crippen molar-refractivity contribution in [2.24, 2.45) is 0 Å². The molecule has 0 saturated heterocycles. The zero-order chi connectivity index (χ0) is 26.1. The fraction of sp³-hybridized carbons (Fsp3) is 0.250. The van der Waals surface area contributed by atoms with Crippen LogP contribution in [0, 0.1) is 23.3 Å². The SMILES string of the molecule is C=CCCc1ccc(C(=O)Oc2ccc3c(c2F)C(F)C(F)c2c-3ccc(CCC)c2F)c(F)c1F. The van der Waals surface area contributed by atoms with Crippen molar-refractivity contribution in [3.05, 3.63) is 100 Å². The third-order valence-electron chi connectivity index (χ3n) is 6.22. The standard InChI is InChI=1S/C28H22F6O2/c1-3-5-7-15-9-11-18(24(31)23(15)30)28(35)36-19-13-12-17-16-10-8-14(6-4-2)22(29)20(16)26(33)27(34)21(17)25(19)32/h3,8-13,26-27H,1,4-7H2,2H3. The number of allylic oxidation sites excluding steroid dienone is 1. The lowest BCUT2D eigenvalue weighted by Crippen LogP contribution is -2.18. The topological polar surface area (TPSA) is 26.3 Å². The van der Waals surface area contributed by atoms with Crippen LogP contribution in [0.25, 0.3) is 11.1 Å². The van der Waals surface area contributed by atoms with Crippen LogP contribution in [0.5, 0.6) is 5.75 Å². The van der Waals surface area contributed by atoms with Gasteiger partial charge in [0.1, 0.15) is 5.82 Å². The number of esters is 1. The molecule has 0 heterocycles. The van der Waals surface area contributed by atoms with Crippen molar-refractivity contribution in [2.45, 2.75) is 45.0 Å². The van der Waals surface area contributed by atoms with Crippen LogP contribution >= 0.6 is 0 Å². The minimum atomic E-state index is -2.57. The molecule has 0 aliphatic heterocycles. The van der Waals surface area contributed by atoms with Crippen molar-refractivity contribution in [3.63, 3.8) is 0 Å². The number of rotatable bonds is 7. The van der Waals surface area contributed by atoms with E-state index in [9.17, 15) is 18.0 Å². The molecule has 3 aromatic carbocycles. The van der Waals surface area contributed by atoms with Gasteiger partial charge in [0.15, 0.2) is 35.5 Å². The first-order chi connectivity index (χ1) is 17.2. The van der Waals surface area contributed by atoms with Crippen molar-refractivity contribution in [2.75, 3.05) is 0 Å². The van der Waals surface area contributed by atoms with Crippen LogP contribution in [0.1, 0.15) is 64.7 Å². The van der Waals surface area contributed by atoms with Crippen molar-refractivity contribution >= 4 is 5.97 Å². The number of fused-ring (bicyclic) bond motifs is 3. The molecule has 2 nitrogen and oxygen atoms in total. The number of hydrogen-bond donors (Lipinski definition) is 0. The Morgan fingerprint density at radius 3 is 2.06 bits per heavy atom. The quantitative estimate of drug-likeness (QED) is 0.140. The van der Waals surface area contributed by atoms with Gasteiger partial charge in [0, 0.05) is 11.1 Å². The van der Waals surface area contributed by atoms with Gasteiger partial charge < -0.3 is 4.74 Å². The molecule has 188 valence electrons. The van der Waals surface area contributed by atoms with Gasteiger partial charge in [-0.25, -0.2) is 31.1 Å². The summed E-state index contributed by atoms with van der Waals surface area (Å²) in [6.45, 7) is 5.32. The lowest BCUT2D eigenvalue weighted by Gasteiger charge is -2.28. The second-order valence-corrected chi connectivity index (χ2v) is 8.51. The highest BCUT2D eigenvalue weighted by Crippen LogP contribution is 2.51. The predicted octanol–water partition coefficient (Wildman–Crippen LogP) is 8.24. The summed E-state index contributed by atoms with van der Waals surface area (Å²) in [6, 6.07) is 7.19. The van der Waals surface area contributed by atoms with E-state index in [4.69, 9.17) is 4.74 Å². The fourth-order valence-electron chi connectivity index (χ4n) is 4.41. The summed E-state index contributed by atoms with van der Waals surface area (Å²) in [5.41, 5.74) is -1.87. The third-order valence-corrected chi connectivity index (χ3v) is 6.22. The van der Waals surface area contributed by atoms with Crippen LogP contribution < -0.4 is 4.74 Å². The van der Waals surface area contributed by atoms with Gasteiger partial charge in [-0.15, -0.1) is 6.58 Å². The fourth-order valence-corrected chi connectivity index (χ4v) is 4.41. The van der Waals surface area contributed by atoms with Gasteiger partial charge in [-0.1, -0.05) is 43.7 Å². The van der Waals surface area contributed by atoms with Crippen LogP contribution in [0.15, 0.2) is 49.1 Å². The Bertz CT molecular complexity index is 1350. The van der Waals surface area contributed by atoms with Crippen molar-refractivity contribution < 1.29 is 35.9 Å². The summed E-state index contributed by atoms with van der Waals surface area (Å²) >= 11 is 0. The zero-order valence-corrected chi connectivity index (χ0v) is 19.3. The van der Waals surface area contributed by atoms with Crippen LogP contribution in [0.4, 0.5) is 26.3 Å². The predicted molar refractivity (Wildman–Crippen MR) is 123 cm³/mol. The van der Waals surface area contributed by atoms with Crippen LogP contribution in [0.3, 0.4) is 0 Å². The Labute approximate surface area is 204 Å². The molecule has 36 heavy (non-hydrogen) atoms. The van der Waals surface area contributed by atoms with E-state index >= 15 is 13.2 Å². The maximum absolute atomic E-state index is 15.3. The molecule has 0 bridgehead atoms. The van der Waals surface area contributed by atoms with Crippen molar-refractivity contribution in [1.82, 2.24) is 0 Å². The molecule has 8 heteroatoms. The normalized spacial score (nSPS) is 16.3. The minimum absolute atomic E-state index is 0.0104. The van der Waals surface area contributed by atoms with E-state index in [1.165, 1.54) is 30.3 Å². The average Bonchev–Trinajstić information content (AvgIpc) is 2.86. The highest BCUT2D eigenvalue weighted by molar-refractivity contribution is 5.91. The van der Waals surface area contributed by atoms with Gasteiger partial charge in [0.25, 0.3) is 0 Å². The van der Waals surface area contributed by atoms with E-state index in [0.717, 1.165) is 12.1 Å². The Kier molecular flexibility index (Phi) is 7.24. The van der Waals surface area contributed by atoms with E-state index < -0.39 is 64.0 Å². The molecule has 3 aromatic rings. The maximum Gasteiger partial charge on any atom is 0.346 e. The molecule has 1 aliphatic carbocycles. The first-order valence-electron chi connectivity index (χ1n) is 11.4. The summed E-state index contributed by atoms with van der Waals surface area (Å²) in [6.07, 6.45) is -2.08. The van der Waals surface area contributed by atoms with Gasteiger partial charge in [0.05, 0.1) is 5.56 Å². The molecule has 0 aromatic heterocycles. The lowest BCUT2D eigenvalue weighted by molar-refractivity contribution is 0.0720. The van der Waals surface area contributed by atoms with Crippen molar-refractivity contribution in [1.29, 1.82) is 0 Å². The molecule has 1 aliphatic rings. The Morgan fingerprint density at radius 1 is 0.833 bits per heavy atom. The van der Waals surface area contributed by atoms with Gasteiger partial charge in [-0.2, -0.15) is 0 Å². The Morgan fingerprint density at radius 2 is 1.42 bits per heavy atom. The Hall–Kier alpha value is -3.55. The minimum Gasteiger partial charge on any atom is -0.420 e. The monoisotopic (exact) mass is 504 g/mol. The third kappa shape index (κ3) is 4.29. The number of carbonyl (C=O) groups excluding carboxylic acids is 1. The molecule has 0 radical (unpaired) electrons. The van der Waals surface area contributed by atoms with Gasteiger partial charge in [-0.05, 0) is 53.6 Å². The van der Waals surface area contributed by atoms with Gasteiger partial charge >= 0.3 is 5.97 Å². The van der Waals surface area contributed by atoms with E-state index in [1.54, 1.807) is 0 Å². The van der Waals surface area contributed by atoms with Crippen LogP contribution in [-0.4, -0.2) is 5.97 Å². The van der Waals surface area contributed by atoms with E-state index in [2.05, 4.69) is 6.58 Å². The summed E-state index contributed by atoms with van der Waals surface area (Å²) in [5, 5.41) is 0. The summed E-state index contributed by atoms with van der Waals surface area (Å²) in [5.74, 6) is -7.19. The van der Waals surface area contributed by atoms with E-state index in [0.29, 0.717) is 19.3 Å². The summed E-state index contributed by atoms with van der Waals surface area (Å²) < 4.78 is 94.0. The molecule has 4 rings (SSSR count). The van der Waals surface area contributed by atoms with E-state index in [1.807, 2.05) is 6.92 Å². The molecule has 0 spiro atoms. The second kappa shape index (κ2) is 10.2. The van der Waals surface area contributed by atoms with Crippen LogP contribution in [-0.2, 0) is 12.8 Å². The molecule has 2 atom stereocenters. The lowest BCUT2D eigenvalue weighted by atomic mass is 9.81. The highest BCUT2D eigenvalue weighted by atomic mass is 19.2. The molecular weight excluding hydrogens is 482 g/mol. The number of alkyl halides is 2. The molecule has 0 fully saturated rings. The number of benzene rings is 3. The highest BCUT2D eigenvalue weighted by Gasteiger charge is 2.40. The zero-order valence-electron chi connectivity index (χ0n) is 19.3. The number of halogens is 6. The smallest absolute Gasteiger partial charge is 0.346 e. The number of ether oxygens (including phenoxy) is 1. The maximum atomic E-state index is 15.3. The molecule has 0 N–H and O–H groups in total. The second-order valence-electron chi connectivity index (χ2n) is 8.51. The van der Waals surface area contributed by atoms with Gasteiger partial charge in [0.2, 0.25) is 0 Å². The summed E-state index contributed by atoms with van der Waals surface area (Å²) in [7, 11) is 0. The molecule has 2 unspecified atom stereocenters. The van der Waals surface area contributed by atoms with Crippen molar-refractivity contribution in [3.8, 4) is 16.9 Å². The summed E-state index contributed by atoms with van der Waals surface area (Å²) in [4.78, 5) is 12.5. The number of hydrogen-bond acceptors (Lipinski definition) is 2.